The SMILES string of the molecule is CC1CN(c2ncccc2C(C)N)C(C)CO1. The van der Waals surface area contributed by atoms with Crippen LogP contribution in [0.15, 0.2) is 18.3 Å². The van der Waals surface area contributed by atoms with Crippen LogP contribution in [0.4, 0.5) is 5.82 Å². The quantitative estimate of drug-likeness (QED) is 0.848. The van der Waals surface area contributed by atoms with Crippen LogP contribution in [0.25, 0.3) is 0 Å². The van der Waals surface area contributed by atoms with Gasteiger partial charge in [0, 0.05) is 24.3 Å². The highest BCUT2D eigenvalue weighted by molar-refractivity contribution is 5.49. The van der Waals surface area contributed by atoms with E-state index in [4.69, 9.17) is 10.5 Å². The zero-order valence-corrected chi connectivity index (χ0v) is 10.8. The maximum absolute atomic E-state index is 6.00. The predicted molar refractivity (Wildman–Crippen MR) is 69.1 cm³/mol. The summed E-state index contributed by atoms with van der Waals surface area (Å²) >= 11 is 0. The average molecular weight is 235 g/mol. The summed E-state index contributed by atoms with van der Waals surface area (Å²) in [6.07, 6.45) is 2.07. The molecule has 4 nitrogen and oxygen atoms in total. The fraction of sp³-hybridized carbons (Fsp3) is 0.615. The Hall–Kier alpha value is -1.13. The minimum absolute atomic E-state index is 0.00375. The zero-order valence-electron chi connectivity index (χ0n) is 10.8. The van der Waals surface area contributed by atoms with Crippen molar-refractivity contribution >= 4 is 5.82 Å². The fourth-order valence-corrected chi connectivity index (χ4v) is 2.20. The molecule has 1 aliphatic heterocycles. The summed E-state index contributed by atoms with van der Waals surface area (Å²) in [5.41, 5.74) is 7.11. The summed E-state index contributed by atoms with van der Waals surface area (Å²) in [7, 11) is 0. The molecule has 0 bridgehead atoms. The largest absolute Gasteiger partial charge is 0.375 e. The van der Waals surface area contributed by atoms with Gasteiger partial charge in [-0.1, -0.05) is 6.07 Å². The number of anilines is 1. The summed E-state index contributed by atoms with van der Waals surface area (Å²) in [4.78, 5) is 6.80. The first-order chi connectivity index (χ1) is 8.09. The van der Waals surface area contributed by atoms with Crippen LogP contribution >= 0.6 is 0 Å². The lowest BCUT2D eigenvalue weighted by Gasteiger charge is -2.38. The Morgan fingerprint density at radius 2 is 2.29 bits per heavy atom. The van der Waals surface area contributed by atoms with E-state index in [1.165, 1.54) is 0 Å². The van der Waals surface area contributed by atoms with Crippen molar-refractivity contribution in [3.8, 4) is 0 Å². The van der Waals surface area contributed by atoms with Gasteiger partial charge in [0.1, 0.15) is 5.82 Å². The van der Waals surface area contributed by atoms with Gasteiger partial charge in [-0.3, -0.25) is 0 Å². The van der Waals surface area contributed by atoms with Gasteiger partial charge in [-0.2, -0.15) is 0 Å². The molecular weight excluding hydrogens is 214 g/mol. The molecule has 2 heterocycles. The van der Waals surface area contributed by atoms with Crippen molar-refractivity contribution in [1.82, 2.24) is 4.98 Å². The zero-order chi connectivity index (χ0) is 12.4. The summed E-state index contributed by atoms with van der Waals surface area (Å²) in [5, 5.41) is 0. The molecule has 0 aliphatic carbocycles. The number of pyridine rings is 1. The number of rotatable bonds is 2. The van der Waals surface area contributed by atoms with E-state index in [9.17, 15) is 0 Å². The molecule has 0 radical (unpaired) electrons. The van der Waals surface area contributed by atoms with Crippen LogP contribution < -0.4 is 10.6 Å². The van der Waals surface area contributed by atoms with E-state index in [1.807, 2.05) is 19.2 Å². The standard InChI is InChI=1S/C13H21N3O/c1-9-8-17-10(2)7-16(9)13-12(11(3)14)5-4-6-15-13/h4-6,9-11H,7-8,14H2,1-3H3. The molecular formula is C13H21N3O. The first-order valence-electron chi connectivity index (χ1n) is 6.18. The molecule has 2 N–H and O–H groups in total. The van der Waals surface area contributed by atoms with Gasteiger partial charge in [0.25, 0.3) is 0 Å². The Balaban J connectivity index is 2.31. The van der Waals surface area contributed by atoms with Crippen LogP contribution in [-0.2, 0) is 4.74 Å². The Kier molecular flexibility index (Phi) is 3.64. The highest BCUT2D eigenvalue weighted by Crippen LogP contribution is 2.26. The van der Waals surface area contributed by atoms with E-state index in [0.29, 0.717) is 6.04 Å². The van der Waals surface area contributed by atoms with E-state index >= 15 is 0 Å². The fourth-order valence-electron chi connectivity index (χ4n) is 2.20. The topological polar surface area (TPSA) is 51.4 Å². The van der Waals surface area contributed by atoms with Gasteiger partial charge in [-0.05, 0) is 26.8 Å². The maximum Gasteiger partial charge on any atom is 0.133 e. The van der Waals surface area contributed by atoms with Gasteiger partial charge in [-0.15, -0.1) is 0 Å². The van der Waals surface area contributed by atoms with Crippen molar-refractivity contribution in [3.63, 3.8) is 0 Å². The van der Waals surface area contributed by atoms with Gasteiger partial charge >= 0.3 is 0 Å². The maximum atomic E-state index is 6.00. The van der Waals surface area contributed by atoms with Crippen molar-refractivity contribution in [3.05, 3.63) is 23.9 Å². The van der Waals surface area contributed by atoms with E-state index in [0.717, 1.165) is 24.5 Å². The molecule has 4 heteroatoms. The van der Waals surface area contributed by atoms with Gasteiger partial charge < -0.3 is 15.4 Å². The Labute approximate surface area is 103 Å². The second kappa shape index (κ2) is 5.02. The first-order valence-corrected chi connectivity index (χ1v) is 6.18. The number of nitrogens with two attached hydrogens (primary N) is 1. The van der Waals surface area contributed by atoms with Gasteiger partial charge in [-0.25, -0.2) is 4.98 Å². The highest BCUT2D eigenvalue weighted by Gasteiger charge is 2.26. The van der Waals surface area contributed by atoms with E-state index in [2.05, 4.69) is 29.8 Å². The third-order valence-electron chi connectivity index (χ3n) is 3.19. The summed E-state index contributed by atoms with van der Waals surface area (Å²) < 4.78 is 5.64. The number of ether oxygens (including phenoxy) is 1. The lowest BCUT2D eigenvalue weighted by atomic mass is 10.1. The minimum atomic E-state index is 0.00375. The van der Waals surface area contributed by atoms with Crippen LogP contribution in [0.2, 0.25) is 0 Å². The highest BCUT2D eigenvalue weighted by atomic mass is 16.5. The van der Waals surface area contributed by atoms with Crippen molar-refractivity contribution in [2.45, 2.75) is 39.0 Å². The molecule has 0 aromatic carbocycles. The van der Waals surface area contributed by atoms with Crippen molar-refractivity contribution in [2.75, 3.05) is 18.1 Å². The lowest BCUT2D eigenvalue weighted by molar-refractivity contribution is 0.0339. The van der Waals surface area contributed by atoms with E-state index in [1.54, 1.807) is 0 Å². The molecule has 3 atom stereocenters. The predicted octanol–water partition coefficient (Wildman–Crippen LogP) is 1.71. The minimum Gasteiger partial charge on any atom is -0.375 e. The van der Waals surface area contributed by atoms with Crippen LogP contribution in [-0.4, -0.2) is 30.3 Å². The number of nitrogens with zero attached hydrogens (tertiary/aromatic N) is 2. The van der Waals surface area contributed by atoms with Crippen molar-refractivity contribution < 1.29 is 4.74 Å². The van der Waals surface area contributed by atoms with Crippen LogP contribution in [0.5, 0.6) is 0 Å². The third-order valence-corrected chi connectivity index (χ3v) is 3.19. The number of hydrogen-bond acceptors (Lipinski definition) is 4. The Bertz CT molecular complexity index is 381. The number of morpholine rings is 1. The molecule has 0 spiro atoms. The van der Waals surface area contributed by atoms with E-state index in [-0.39, 0.29) is 12.1 Å². The van der Waals surface area contributed by atoms with Gasteiger partial charge in [0.05, 0.1) is 18.8 Å². The number of aromatic nitrogens is 1. The normalized spacial score (nSPS) is 26.9. The Morgan fingerprint density at radius 3 is 3.00 bits per heavy atom. The summed E-state index contributed by atoms with van der Waals surface area (Å²) in [5.74, 6) is 1.00. The second-order valence-electron chi connectivity index (χ2n) is 4.85. The van der Waals surface area contributed by atoms with Crippen molar-refractivity contribution in [1.29, 1.82) is 0 Å². The second-order valence-corrected chi connectivity index (χ2v) is 4.85. The summed E-state index contributed by atoms with van der Waals surface area (Å²) in [6, 6.07) is 4.35. The monoisotopic (exact) mass is 235 g/mol. The van der Waals surface area contributed by atoms with Gasteiger partial charge in [0.15, 0.2) is 0 Å². The number of hydrogen-bond donors (Lipinski definition) is 1. The summed E-state index contributed by atoms with van der Waals surface area (Å²) in [6.45, 7) is 7.86. The molecule has 17 heavy (non-hydrogen) atoms. The molecule has 1 aromatic heterocycles. The molecule has 1 saturated heterocycles. The van der Waals surface area contributed by atoms with Crippen LogP contribution in [0.3, 0.4) is 0 Å². The lowest BCUT2D eigenvalue weighted by Crippen LogP contribution is -2.48. The van der Waals surface area contributed by atoms with Crippen LogP contribution in [0, 0.1) is 0 Å². The third kappa shape index (κ3) is 2.58. The van der Waals surface area contributed by atoms with Crippen molar-refractivity contribution in [2.24, 2.45) is 5.73 Å². The van der Waals surface area contributed by atoms with E-state index < -0.39 is 0 Å². The average Bonchev–Trinajstić information content (AvgIpc) is 2.32. The molecule has 2 rings (SSSR count). The molecule has 1 aliphatic rings. The molecule has 3 unspecified atom stereocenters. The smallest absolute Gasteiger partial charge is 0.133 e. The van der Waals surface area contributed by atoms with Crippen LogP contribution in [0.1, 0.15) is 32.4 Å². The molecule has 0 saturated carbocycles. The molecule has 94 valence electrons. The molecule has 1 aromatic rings. The first kappa shape index (κ1) is 12.3. The Morgan fingerprint density at radius 1 is 1.53 bits per heavy atom. The van der Waals surface area contributed by atoms with Gasteiger partial charge in [0.2, 0.25) is 0 Å². The molecule has 0 amide bonds. The molecule has 1 fully saturated rings.